The summed E-state index contributed by atoms with van der Waals surface area (Å²) in [6, 6.07) is 7.70. The summed E-state index contributed by atoms with van der Waals surface area (Å²) < 4.78 is 13.4. The third kappa shape index (κ3) is 3.91. The molecule has 2 heterocycles. The van der Waals surface area contributed by atoms with Crippen molar-refractivity contribution < 1.29 is 14.0 Å². The maximum Gasteiger partial charge on any atom is 0.317 e. The number of nitrogens with zero attached hydrogens (tertiary/aromatic N) is 1. The molecule has 3 rings (SSSR count). The van der Waals surface area contributed by atoms with Gasteiger partial charge in [0.15, 0.2) is 0 Å². The molecular weight excluding hydrogens is 329 g/mol. The van der Waals surface area contributed by atoms with Gasteiger partial charge in [0.1, 0.15) is 5.82 Å². The van der Waals surface area contributed by atoms with Crippen molar-refractivity contribution in [3.05, 3.63) is 58.0 Å². The van der Waals surface area contributed by atoms with E-state index in [9.17, 15) is 14.0 Å². The fourth-order valence-electron chi connectivity index (χ4n) is 2.77. The van der Waals surface area contributed by atoms with Gasteiger partial charge in [-0.15, -0.1) is 0 Å². The molecule has 1 aromatic heterocycles. The minimum atomic E-state index is -0.306. The summed E-state index contributed by atoms with van der Waals surface area (Å²) in [6.45, 7) is 1.47. The second-order valence-corrected chi connectivity index (χ2v) is 6.42. The molecule has 1 aliphatic rings. The van der Waals surface area contributed by atoms with Crippen molar-refractivity contribution in [2.75, 3.05) is 19.6 Å². The van der Waals surface area contributed by atoms with Crippen LogP contribution in [0.2, 0.25) is 0 Å². The van der Waals surface area contributed by atoms with E-state index in [0.29, 0.717) is 31.6 Å². The van der Waals surface area contributed by atoms with Gasteiger partial charge in [-0.1, -0.05) is 12.1 Å². The minimum Gasteiger partial charge on any atom is -0.350 e. The van der Waals surface area contributed by atoms with E-state index < -0.39 is 0 Å². The first kappa shape index (κ1) is 16.4. The van der Waals surface area contributed by atoms with Crippen LogP contribution in [0.15, 0.2) is 41.1 Å². The van der Waals surface area contributed by atoms with E-state index in [4.69, 9.17) is 0 Å². The normalized spacial score (nSPS) is 15.2. The van der Waals surface area contributed by atoms with Crippen molar-refractivity contribution in [3.63, 3.8) is 0 Å². The summed E-state index contributed by atoms with van der Waals surface area (Å²) in [5.74, 6) is -0.473. The van der Waals surface area contributed by atoms with Gasteiger partial charge in [-0.2, -0.15) is 11.3 Å². The zero-order chi connectivity index (χ0) is 16.9. The van der Waals surface area contributed by atoms with Crippen LogP contribution in [-0.2, 0) is 6.42 Å². The number of benzene rings is 1. The predicted molar refractivity (Wildman–Crippen MR) is 90.6 cm³/mol. The molecule has 0 bridgehead atoms. The van der Waals surface area contributed by atoms with Gasteiger partial charge in [-0.25, -0.2) is 9.18 Å². The van der Waals surface area contributed by atoms with Gasteiger partial charge in [0, 0.05) is 30.6 Å². The topological polar surface area (TPSA) is 61.4 Å². The van der Waals surface area contributed by atoms with E-state index in [-0.39, 0.29) is 23.8 Å². The van der Waals surface area contributed by atoms with Crippen molar-refractivity contribution in [2.45, 2.75) is 12.5 Å². The number of rotatable bonds is 6. The Morgan fingerprint density at radius 1 is 1.42 bits per heavy atom. The Hall–Kier alpha value is -2.41. The predicted octanol–water partition coefficient (Wildman–Crippen LogP) is 2.25. The van der Waals surface area contributed by atoms with Gasteiger partial charge in [0.2, 0.25) is 0 Å². The molecule has 0 radical (unpaired) electrons. The van der Waals surface area contributed by atoms with E-state index >= 15 is 0 Å². The van der Waals surface area contributed by atoms with Crippen LogP contribution in [0.4, 0.5) is 9.18 Å². The van der Waals surface area contributed by atoms with Crippen LogP contribution in [0.3, 0.4) is 0 Å². The molecule has 1 saturated heterocycles. The number of halogens is 1. The van der Waals surface area contributed by atoms with Crippen molar-refractivity contribution in [1.82, 2.24) is 15.5 Å². The molecule has 7 heteroatoms. The smallest absolute Gasteiger partial charge is 0.317 e. The van der Waals surface area contributed by atoms with E-state index in [1.54, 1.807) is 22.4 Å². The zero-order valence-corrected chi connectivity index (χ0v) is 13.8. The fourth-order valence-corrected chi connectivity index (χ4v) is 3.41. The highest BCUT2D eigenvalue weighted by Crippen LogP contribution is 2.13. The average molecular weight is 347 g/mol. The van der Waals surface area contributed by atoms with Crippen molar-refractivity contribution >= 4 is 23.3 Å². The van der Waals surface area contributed by atoms with Crippen LogP contribution < -0.4 is 10.6 Å². The van der Waals surface area contributed by atoms with Crippen LogP contribution in [-0.4, -0.2) is 42.5 Å². The van der Waals surface area contributed by atoms with Crippen molar-refractivity contribution in [2.24, 2.45) is 0 Å². The summed E-state index contributed by atoms with van der Waals surface area (Å²) in [5, 5.41) is 9.25. The average Bonchev–Trinajstić information content (AvgIpc) is 3.23. The Labute approximate surface area is 143 Å². The second kappa shape index (κ2) is 7.44. The quantitative estimate of drug-likeness (QED) is 0.842. The fraction of sp³-hybridized carbons (Fsp3) is 0.294. The van der Waals surface area contributed by atoms with E-state index in [2.05, 4.69) is 10.6 Å². The van der Waals surface area contributed by atoms with Crippen LogP contribution in [0.25, 0.3) is 0 Å². The SMILES string of the molecule is O=C(NC[C@H](Cc1cccc(F)c1)N1CCNC1=O)c1ccsc1. The van der Waals surface area contributed by atoms with Gasteiger partial charge in [-0.05, 0) is 35.6 Å². The van der Waals surface area contributed by atoms with Crippen molar-refractivity contribution in [3.8, 4) is 0 Å². The largest absolute Gasteiger partial charge is 0.350 e. The molecule has 24 heavy (non-hydrogen) atoms. The maximum absolute atomic E-state index is 13.4. The van der Waals surface area contributed by atoms with Crippen LogP contribution >= 0.6 is 11.3 Å². The standard InChI is InChI=1S/C17H18FN3O2S/c18-14-3-1-2-12(8-14)9-15(21-6-5-19-17(21)23)10-20-16(22)13-4-7-24-11-13/h1-4,7-8,11,15H,5-6,9-10H2,(H,19,23)(H,20,22)/t15-/m0/s1. The van der Waals surface area contributed by atoms with Crippen molar-refractivity contribution in [1.29, 1.82) is 0 Å². The third-order valence-corrected chi connectivity index (χ3v) is 4.66. The Balaban J connectivity index is 1.70. The van der Waals surface area contributed by atoms with E-state index in [0.717, 1.165) is 5.56 Å². The molecule has 1 atom stereocenters. The first-order chi connectivity index (χ1) is 11.6. The summed E-state index contributed by atoms with van der Waals surface area (Å²) >= 11 is 1.46. The lowest BCUT2D eigenvalue weighted by Gasteiger charge is -2.27. The summed E-state index contributed by atoms with van der Waals surface area (Å²) in [4.78, 5) is 25.8. The van der Waals surface area contributed by atoms with Crippen LogP contribution in [0, 0.1) is 5.82 Å². The maximum atomic E-state index is 13.4. The Morgan fingerprint density at radius 3 is 2.96 bits per heavy atom. The number of thiophene rings is 1. The molecule has 0 saturated carbocycles. The van der Waals surface area contributed by atoms with E-state index in [1.165, 1.54) is 23.5 Å². The van der Waals surface area contributed by atoms with Crippen LogP contribution in [0.5, 0.6) is 0 Å². The molecule has 1 aromatic carbocycles. The number of urea groups is 1. The summed E-state index contributed by atoms with van der Waals surface area (Å²) in [5.41, 5.74) is 1.40. The van der Waals surface area contributed by atoms with Gasteiger partial charge in [0.25, 0.3) is 5.91 Å². The lowest BCUT2D eigenvalue weighted by atomic mass is 10.0. The zero-order valence-electron chi connectivity index (χ0n) is 13.0. The van der Waals surface area contributed by atoms with E-state index in [1.807, 2.05) is 11.4 Å². The molecule has 2 N–H and O–H groups in total. The first-order valence-electron chi connectivity index (χ1n) is 7.73. The number of nitrogens with one attached hydrogen (secondary N) is 2. The number of carbonyl (C=O) groups excluding carboxylic acids is 2. The number of hydrogen-bond acceptors (Lipinski definition) is 3. The summed E-state index contributed by atoms with van der Waals surface area (Å²) in [6.07, 6.45) is 0.481. The Kier molecular flexibility index (Phi) is 5.10. The lowest BCUT2D eigenvalue weighted by molar-refractivity contribution is 0.0940. The molecule has 0 unspecified atom stereocenters. The van der Waals surface area contributed by atoms with Crippen LogP contribution in [0.1, 0.15) is 15.9 Å². The first-order valence-corrected chi connectivity index (χ1v) is 8.67. The third-order valence-electron chi connectivity index (χ3n) is 3.97. The highest BCUT2D eigenvalue weighted by atomic mass is 32.1. The highest BCUT2D eigenvalue weighted by Gasteiger charge is 2.28. The molecule has 1 aliphatic heterocycles. The van der Waals surface area contributed by atoms with Gasteiger partial charge < -0.3 is 15.5 Å². The number of amides is 3. The number of carbonyl (C=O) groups is 2. The highest BCUT2D eigenvalue weighted by molar-refractivity contribution is 7.08. The monoisotopic (exact) mass is 347 g/mol. The van der Waals surface area contributed by atoms with Gasteiger partial charge >= 0.3 is 6.03 Å². The Morgan fingerprint density at radius 2 is 2.29 bits per heavy atom. The molecular formula is C17H18FN3O2S. The molecule has 5 nitrogen and oxygen atoms in total. The second-order valence-electron chi connectivity index (χ2n) is 5.64. The lowest BCUT2D eigenvalue weighted by Crippen LogP contribution is -2.46. The minimum absolute atomic E-state index is 0.152. The Bertz CT molecular complexity index is 720. The van der Waals surface area contributed by atoms with Gasteiger partial charge in [-0.3, -0.25) is 4.79 Å². The molecule has 0 spiro atoms. The molecule has 0 aliphatic carbocycles. The summed E-state index contributed by atoms with van der Waals surface area (Å²) in [7, 11) is 0. The molecule has 3 amide bonds. The molecule has 2 aromatic rings. The number of hydrogen-bond donors (Lipinski definition) is 2. The molecule has 1 fully saturated rings. The molecule has 126 valence electrons. The van der Waals surface area contributed by atoms with Gasteiger partial charge in [0.05, 0.1) is 6.04 Å².